The Bertz CT molecular complexity index is 967. The highest BCUT2D eigenvalue weighted by atomic mass is 32.2. The molecule has 1 aromatic heterocycles. The van der Waals surface area contributed by atoms with E-state index in [9.17, 15) is 4.79 Å². The summed E-state index contributed by atoms with van der Waals surface area (Å²) in [5, 5.41) is 3.70. The molecule has 1 amide bonds. The van der Waals surface area contributed by atoms with Crippen LogP contribution in [0.1, 0.15) is 25.0 Å². The molecule has 0 aliphatic rings. The van der Waals surface area contributed by atoms with Gasteiger partial charge in [0.05, 0.1) is 11.1 Å². The standard InChI is InChI=1S/C22H24N2O3S/c1-7-22(3,4)24-20(25)21(28-6)27-18-11-15(2)19-17(13-18)12-16(14-23-19)9-8-10-26-5/h1,11-14,21H,10H2,2-6H3,(H,24,25). The van der Waals surface area contributed by atoms with Crippen LogP contribution in [0.25, 0.3) is 10.9 Å². The molecule has 0 saturated carbocycles. The number of benzene rings is 1. The fourth-order valence-electron chi connectivity index (χ4n) is 2.48. The summed E-state index contributed by atoms with van der Waals surface area (Å²) < 4.78 is 10.9. The van der Waals surface area contributed by atoms with Crippen LogP contribution in [0.2, 0.25) is 0 Å². The third-order valence-corrected chi connectivity index (χ3v) is 4.60. The molecular weight excluding hydrogens is 372 g/mol. The summed E-state index contributed by atoms with van der Waals surface area (Å²) in [6.07, 6.45) is 9.00. The van der Waals surface area contributed by atoms with Crippen LogP contribution < -0.4 is 10.1 Å². The van der Waals surface area contributed by atoms with Gasteiger partial charge in [-0.3, -0.25) is 9.78 Å². The number of hydrogen-bond donors (Lipinski definition) is 1. The maximum Gasteiger partial charge on any atom is 0.272 e. The SMILES string of the molecule is C#CC(C)(C)NC(=O)C(Oc1cc(C)c2ncc(C#CCOC)cc2c1)SC. The number of fused-ring (bicyclic) bond motifs is 1. The minimum Gasteiger partial charge on any atom is -0.470 e. The molecule has 28 heavy (non-hydrogen) atoms. The van der Waals surface area contributed by atoms with Gasteiger partial charge in [-0.2, -0.15) is 0 Å². The average molecular weight is 397 g/mol. The Kier molecular flexibility index (Phi) is 7.34. The number of methoxy groups -OCH3 is 1. The Labute approximate surface area is 170 Å². The van der Waals surface area contributed by atoms with E-state index >= 15 is 0 Å². The van der Waals surface area contributed by atoms with Gasteiger partial charge in [0.2, 0.25) is 5.44 Å². The molecule has 0 fully saturated rings. The average Bonchev–Trinajstić information content (AvgIpc) is 2.65. The van der Waals surface area contributed by atoms with Crippen molar-refractivity contribution in [3.05, 3.63) is 35.5 Å². The lowest BCUT2D eigenvalue weighted by atomic mass is 10.1. The highest BCUT2D eigenvalue weighted by molar-refractivity contribution is 7.99. The van der Waals surface area contributed by atoms with Gasteiger partial charge in [-0.25, -0.2) is 0 Å². The van der Waals surface area contributed by atoms with Gasteiger partial charge in [-0.15, -0.1) is 18.2 Å². The van der Waals surface area contributed by atoms with E-state index in [1.165, 1.54) is 11.8 Å². The molecule has 0 saturated heterocycles. The van der Waals surface area contributed by atoms with E-state index in [4.69, 9.17) is 15.9 Å². The molecule has 146 valence electrons. The molecule has 1 heterocycles. The molecule has 0 spiro atoms. The largest absolute Gasteiger partial charge is 0.470 e. The van der Waals surface area contributed by atoms with Crippen LogP contribution >= 0.6 is 11.8 Å². The first-order valence-corrected chi connectivity index (χ1v) is 9.96. The number of aryl methyl sites for hydroxylation is 1. The van der Waals surface area contributed by atoms with Gasteiger partial charge < -0.3 is 14.8 Å². The predicted octanol–water partition coefficient (Wildman–Crippen LogP) is 3.14. The van der Waals surface area contributed by atoms with Crippen molar-refractivity contribution in [3.8, 4) is 29.9 Å². The van der Waals surface area contributed by atoms with E-state index in [0.29, 0.717) is 12.4 Å². The Hall–Kier alpha value is -2.67. The Balaban J connectivity index is 2.29. The molecule has 5 nitrogen and oxygen atoms in total. The van der Waals surface area contributed by atoms with Gasteiger partial charge in [-0.05, 0) is 50.8 Å². The molecular formula is C22H24N2O3S. The van der Waals surface area contributed by atoms with E-state index in [1.807, 2.05) is 31.4 Å². The van der Waals surface area contributed by atoms with Gasteiger partial charge in [-0.1, -0.05) is 17.8 Å². The fraction of sp³-hybridized carbons (Fsp3) is 0.364. The van der Waals surface area contributed by atoms with Crippen molar-refractivity contribution in [1.29, 1.82) is 0 Å². The summed E-state index contributed by atoms with van der Waals surface area (Å²) in [6.45, 7) is 5.84. The maximum atomic E-state index is 12.5. The van der Waals surface area contributed by atoms with Crippen LogP contribution in [0.3, 0.4) is 0 Å². The van der Waals surface area contributed by atoms with Crippen LogP contribution in [0.5, 0.6) is 5.75 Å². The zero-order valence-electron chi connectivity index (χ0n) is 16.8. The number of ether oxygens (including phenoxy) is 2. The molecule has 1 N–H and O–H groups in total. The van der Waals surface area contributed by atoms with Crippen molar-refractivity contribution < 1.29 is 14.3 Å². The summed E-state index contributed by atoms with van der Waals surface area (Å²) in [6, 6.07) is 5.68. The molecule has 0 bridgehead atoms. The number of thioether (sulfide) groups is 1. The van der Waals surface area contributed by atoms with Crippen LogP contribution in [0, 0.1) is 31.1 Å². The van der Waals surface area contributed by atoms with Crippen molar-refractivity contribution >= 4 is 28.6 Å². The monoisotopic (exact) mass is 396 g/mol. The Morgan fingerprint density at radius 3 is 2.79 bits per heavy atom. The number of amides is 1. The number of hydrogen-bond acceptors (Lipinski definition) is 5. The first-order chi connectivity index (χ1) is 13.3. The maximum absolute atomic E-state index is 12.5. The highest BCUT2D eigenvalue weighted by Gasteiger charge is 2.25. The fourth-order valence-corrected chi connectivity index (χ4v) is 2.96. The molecule has 1 aromatic carbocycles. The van der Waals surface area contributed by atoms with Crippen LogP contribution in [-0.2, 0) is 9.53 Å². The molecule has 2 rings (SSSR count). The van der Waals surface area contributed by atoms with E-state index in [-0.39, 0.29) is 5.91 Å². The zero-order chi connectivity index (χ0) is 20.7. The van der Waals surface area contributed by atoms with Crippen molar-refractivity contribution in [1.82, 2.24) is 10.3 Å². The second-order valence-electron chi connectivity index (χ2n) is 6.71. The first kappa shape index (κ1) is 21.6. The number of nitrogens with one attached hydrogen (secondary N) is 1. The van der Waals surface area contributed by atoms with Crippen LogP contribution in [-0.4, -0.2) is 41.8 Å². The van der Waals surface area contributed by atoms with Crippen LogP contribution in [0.4, 0.5) is 0 Å². The summed E-state index contributed by atoms with van der Waals surface area (Å²) in [4.78, 5) is 17.0. The molecule has 1 unspecified atom stereocenters. The summed E-state index contributed by atoms with van der Waals surface area (Å²) >= 11 is 1.30. The number of carbonyl (C=O) groups excluding carboxylic acids is 1. The summed E-state index contributed by atoms with van der Waals surface area (Å²) in [5.41, 5.74) is 1.14. The summed E-state index contributed by atoms with van der Waals surface area (Å²) in [5.74, 6) is 8.79. The third-order valence-electron chi connectivity index (χ3n) is 3.86. The normalized spacial score (nSPS) is 11.9. The van der Waals surface area contributed by atoms with E-state index in [0.717, 1.165) is 22.0 Å². The van der Waals surface area contributed by atoms with Gasteiger partial charge in [0.1, 0.15) is 12.4 Å². The van der Waals surface area contributed by atoms with Crippen molar-refractivity contribution in [2.45, 2.75) is 31.7 Å². The second-order valence-corrected chi connectivity index (χ2v) is 7.61. The number of terminal acetylenes is 1. The van der Waals surface area contributed by atoms with Gasteiger partial charge in [0.15, 0.2) is 0 Å². The molecule has 2 aromatic rings. The molecule has 1 atom stereocenters. The van der Waals surface area contributed by atoms with Crippen LogP contribution in [0.15, 0.2) is 24.4 Å². The van der Waals surface area contributed by atoms with Crippen molar-refractivity contribution in [2.24, 2.45) is 0 Å². The summed E-state index contributed by atoms with van der Waals surface area (Å²) in [7, 11) is 1.60. The lowest BCUT2D eigenvalue weighted by molar-refractivity contribution is -0.125. The third kappa shape index (κ3) is 5.66. The highest BCUT2D eigenvalue weighted by Crippen LogP contribution is 2.26. The van der Waals surface area contributed by atoms with Gasteiger partial charge in [0, 0.05) is 24.3 Å². The Morgan fingerprint density at radius 1 is 1.39 bits per heavy atom. The number of carbonyl (C=O) groups is 1. The van der Waals surface area contributed by atoms with Gasteiger partial charge >= 0.3 is 0 Å². The minimum absolute atomic E-state index is 0.273. The number of nitrogens with zero attached hydrogens (tertiary/aromatic N) is 1. The molecule has 6 heteroatoms. The first-order valence-electron chi connectivity index (χ1n) is 8.67. The number of rotatable bonds is 6. The smallest absolute Gasteiger partial charge is 0.272 e. The predicted molar refractivity (Wildman–Crippen MR) is 114 cm³/mol. The topological polar surface area (TPSA) is 60.5 Å². The van der Waals surface area contributed by atoms with Crippen molar-refractivity contribution in [2.75, 3.05) is 20.0 Å². The number of aromatic nitrogens is 1. The van der Waals surface area contributed by atoms with Crippen molar-refractivity contribution in [3.63, 3.8) is 0 Å². The lowest BCUT2D eigenvalue weighted by Gasteiger charge is -2.24. The molecule has 0 radical (unpaired) electrons. The van der Waals surface area contributed by atoms with E-state index in [2.05, 4.69) is 28.1 Å². The molecule has 0 aliphatic heterocycles. The quantitative estimate of drug-likeness (QED) is 0.600. The number of pyridine rings is 1. The zero-order valence-corrected chi connectivity index (χ0v) is 17.6. The lowest BCUT2D eigenvalue weighted by Crippen LogP contribution is -2.47. The van der Waals surface area contributed by atoms with E-state index < -0.39 is 11.0 Å². The Morgan fingerprint density at radius 2 is 2.14 bits per heavy atom. The van der Waals surface area contributed by atoms with Gasteiger partial charge in [0.25, 0.3) is 5.91 Å². The van der Waals surface area contributed by atoms with E-state index in [1.54, 1.807) is 27.2 Å². The molecule has 0 aliphatic carbocycles. The second kappa shape index (κ2) is 9.50. The minimum atomic E-state index is -0.743.